The zero-order valence-corrected chi connectivity index (χ0v) is 23.1. The van der Waals surface area contributed by atoms with Gasteiger partial charge >= 0.3 is 0 Å². The van der Waals surface area contributed by atoms with E-state index in [9.17, 15) is 4.79 Å². The Morgan fingerprint density at radius 1 is 1.08 bits per heavy atom. The topological polar surface area (TPSA) is 62.8 Å². The van der Waals surface area contributed by atoms with Gasteiger partial charge in [0.2, 0.25) is 5.91 Å². The second-order valence-electron chi connectivity index (χ2n) is 9.65. The number of rotatable bonds is 11. The van der Waals surface area contributed by atoms with Crippen LogP contribution in [0.3, 0.4) is 0 Å². The number of carbonyl (C=O) groups is 1. The summed E-state index contributed by atoms with van der Waals surface area (Å²) in [6.07, 6.45) is 4.31. The fraction of sp³-hybridized carbons (Fsp3) is 0.464. The number of halogens is 3. The van der Waals surface area contributed by atoms with Crippen molar-refractivity contribution in [3.63, 3.8) is 0 Å². The van der Waals surface area contributed by atoms with E-state index in [0.717, 1.165) is 62.7 Å². The zero-order chi connectivity index (χ0) is 26.1. The number of hydrogen-bond donors (Lipinski definition) is 2. The van der Waals surface area contributed by atoms with Crippen LogP contribution in [0.15, 0.2) is 66.2 Å². The molecule has 9 heteroatoms. The van der Waals surface area contributed by atoms with Gasteiger partial charge in [-0.1, -0.05) is 82.9 Å². The average molecular weight is 567 g/mol. The average Bonchev–Trinajstić information content (AvgIpc) is 3.25. The molecule has 200 valence electrons. The highest BCUT2D eigenvalue weighted by atomic mass is 35.6. The summed E-state index contributed by atoms with van der Waals surface area (Å²) in [6, 6.07) is 18.1. The first-order valence-electron chi connectivity index (χ1n) is 12.7. The summed E-state index contributed by atoms with van der Waals surface area (Å²) in [7, 11) is 0. The van der Waals surface area contributed by atoms with Gasteiger partial charge in [0, 0.05) is 37.9 Å². The SMILES string of the molecule is O=C(CC(Cl)(Cl)Cl)NC1(Cc2ccccc2)C=C(CNc2cccc(OCCN3CCOCC3)c2)CC1. The molecule has 1 heterocycles. The summed E-state index contributed by atoms with van der Waals surface area (Å²) < 4.78 is 9.76. The lowest BCUT2D eigenvalue weighted by Crippen LogP contribution is -2.48. The van der Waals surface area contributed by atoms with Crippen molar-refractivity contribution < 1.29 is 14.3 Å². The van der Waals surface area contributed by atoms with Crippen LogP contribution in [0, 0.1) is 0 Å². The van der Waals surface area contributed by atoms with Crippen LogP contribution < -0.4 is 15.4 Å². The standard InChI is InChI=1S/C28H34Cl3N3O3/c29-28(30,31)20-26(35)33-27(18-22-5-2-1-3-6-22)10-9-23(19-27)21-32-24-7-4-8-25(17-24)37-16-13-34-11-14-36-15-12-34/h1-8,17,19,32H,9-16,18,20-21H2,(H,33,35). The van der Waals surface area contributed by atoms with Crippen molar-refractivity contribution in [3.05, 3.63) is 71.8 Å². The van der Waals surface area contributed by atoms with E-state index in [1.165, 1.54) is 5.57 Å². The van der Waals surface area contributed by atoms with Gasteiger partial charge in [0.25, 0.3) is 0 Å². The molecule has 6 nitrogen and oxygen atoms in total. The van der Waals surface area contributed by atoms with Gasteiger partial charge in [-0.3, -0.25) is 9.69 Å². The number of benzene rings is 2. The van der Waals surface area contributed by atoms with Crippen molar-refractivity contribution >= 4 is 46.4 Å². The lowest BCUT2D eigenvalue weighted by Gasteiger charge is -2.30. The fourth-order valence-electron chi connectivity index (χ4n) is 4.83. The first-order valence-corrected chi connectivity index (χ1v) is 13.8. The number of anilines is 1. The van der Waals surface area contributed by atoms with Crippen molar-refractivity contribution in [3.8, 4) is 5.75 Å². The van der Waals surface area contributed by atoms with Crippen LogP contribution in [0.4, 0.5) is 5.69 Å². The smallest absolute Gasteiger partial charge is 0.224 e. The Hall–Kier alpha value is -1.96. The summed E-state index contributed by atoms with van der Waals surface area (Å²) in [5.41, 5.74) is 2.84. The molecule has 0 saturated carbocycles. The predicted octanol–water partition coefficient (Wildman–Crippen LogP) is 5.39. The monoisotopic (exact) mass is 565 g/mol. The number of alkyl halides is 3. The third kappa shape index (κ3) is 9.38. The van der Waals surface area contributed by atoms with Crippen molar-refractivity contribution in [2.24, 2.45) is 0 Å². The molecule has 1 amide bonds. The molecule has 2 N–H and O–H groups in total. The van der Waals surface area contributed by atoms with E-state index in [0.29, 0.717) is 19.6 Å². The van der Waals surface area contributed by atoms with Gasteiger partial charge in [0.15, 0.2) is 3.79 Å². The molecule has 2 aromatic carbocycles. The fourth-order valence-corrected chi connectivity index (χ4v) is 5.20. The third-order valence-electron chi connectivity index (χ3n) is 6.62. The van der Waals surface area contributed by atoms with Crippen molar-refractivity contribution in [2.45, 2.75) is 35.0 Å². The highest BCUT2D eigenvalue weighted by Gasteiger charge is 2.36. The molecule has 1 saturated heterocycles. The van der Waals surface area contributed by atoms with Crippen LogP contribution in [0.5, 0.6) is 5.75 Å². The van der Waals surface area contributed by atoms with Gasteiger partial charge in [0.1, 0.15) is 12.4 Å². The summed E-state index contributed by atoms with van der Waals surface area (Å²) in [6.45, 7) is 5.70. The molecule has 1 atom stereocenters. The molecule has 0 bridgehead atoms. The maximum atomic E-state index is 12.7. The Kier molecular flexibility index (Phi) is 10.0. The van der Waals surface area contributed by atoms with Gasteiger partial charge in [-0.15, -0.1) is 0 Å². The number of morpholine rings is 1. The molecule has 1 aliphatic carbocycles. The van der Waals surface area contributed by atoms with Crippen LogP contribution >= 0.6 is 34.8 Å². The minimum atomic E-state index is -1.62. The summed E-state index contributed by atoms with van der Waals surface area (Å²) in [4.78, 5) is 15.0. The normalized spacial score (nSPS) is 20.4. The minimum absolute atomic E-state index is 0.187. The van der Waals surface area contributed by atoms with Crippen LogP contribution in [0.1, 0.15) is 24.8 Å². The second kappa shape index (κ2) is 13.2. The van der Waals surface area contributed by atoms with Crippen LogP contribution in [-0.2, 0) is 16.0 Å². The third-order valence-corrected chi connectivity index (χ3v) is 7.02. The highest BCUT2D eigenvalue weighted by molar-refractivity contribution is 6.68. The Morgan fingerprint density at radius 2 is 1.86 bits per heavy atom. The van der Waals surface area contributed by atoms with Gasteiger partial charge in [-0.25, -0.2) is 0 Å². The van der Waals surface area contributed by atoms with Gasteiger partial charge < -0.3 is 20.1 Å². The van der Waals surface area contributed by atoms with E-state index < -0.39 is 9.33 Å². The summed E-state index contributed by atoms with van der Waals surface area (Å²) in [5, 5.41) is 6.67. The van der Waals surface area contributed by atoms with Crippen LogP contribution in [0.25, 0.3) is 0 Å². The number of nitrogens with one attached hydrogen (secondary N) is 2. The number of hydrogen-bond acceptors (Lipinski definition) is 5. The molecule has 4 rings (SSSR count). The van der Waals surface area contributed by atoms with E-state index in [-0.39, 0.29) is 12.3 Å². The van der Waals surface area contributed by atoms with Crippen molar-refractivity contribution in [1.29, 1.82) is 0 Å². The van der Waals surface area contributed by atoms with Gasteiger partial charge in [0.05, 0.1) is 25.2 Å². The molecule has 1 aliphatic heterocycles. The highest BCUT2D eigenvalue weighted by Crippen LogP contribution is 2.34. The van der Waals surface area contributed by atoms with E-state index in [4.69, 9.17) is 44.3 Å². The Balaban J connectivity index is 1.35. The van der Waals surface area contributed by atoms with Crippen molar-refractivity contribution in [2.75, 3.05) is 51.3 Å². The largest absolute Gasteiger partial charge is 0.492 e. The number of carbonyl (C=O) groups excluding carboxylic acids is 1. The molecule has 0 aromatic heterocycles. The van der Waals surface area contributed by atoms with Gasteiger partial charge in [-0.05, 0) is 37.0 Å². The molecular formula is C28H34Cl3N3O3. The van der Waals surface area contributed by atoms with E-state index >= 15 is 0 Å². The van der Waals surface area contributed by atoms with Gasteiger partial charge in [-0.2, -0.15) is 0 Å². The lowest BCUT2D eigenvalue weighted by atomic mass is 9.90. The summed E-state index contributed by atoms with van der Waals surface area (Å²) >= 11 is 17.6. The van der Waals surface area contributed by atoms with Crippen LogP contribution in [-0.4, -0.2) is 66.1 Å². The molecular weight excluding hydrogens is 533 g/mol. The first-order chi connectivity index (χ1) is 17.8. The first kappa shape index (κ1) is 28.1. The maximum Gasteiger partial charge on any atom is 0.224 e. The molecule has 1 unspecified atom stereocenters. The Labute approximate surface area is 234 Å². The molecule has 2 aromatic rings. The summed E-state index contributed by atoms with van der Waals surface area (Å²) in [5.74, 6) is 0.569. The molecule has 0 radical (unpaired) electrons. The quantitative estimate of drug-likeness (QED) is 0.282. The second-order valence-corrected chi connectivity index (χ2v) is 12.2. The van der Waals surface area contributed by atoms with E-state index in [2.05, 4.69) is 33.7 Å². The maximum absolute atomic E-state index is 12.7. The number of nitrogens with zero attached hydrogens (tertiary/aromatic N) is 1. The lowest BCUT2D eigenvalue weighted by molar-refractivity contribution is -0.122. The molecule has 0 spiro atoms. The van der Waals surface area contributed by atoms with E-state index in [1.54, 1.807) is 0 Å². The Morgan fingerprint density at radius 3 is 2.62 bits per heavy atom. The van der Waals surface area contributed by atoms with Crippen LogP contribution in [0.2, 0.25) is 0 Å². The Bertz CT molecular complexity index is 1060. The molecule has 1 fully saturated rings. The number of ether oxygens (including phenoxy) is 2. The molecule has 37 heavy (non-hydrogen) atoms. The zero-order valence-electron chi connectivity index (χ0n) is 20.9. The van der Waals surface area contributed by atoms with Crippen molar-refractivity contribution in [1.82, 2.24) is 10.2 Å². The van der Waals surface area contributed by atoms with E-state index in [1.807, 2.05) is 42.5 Å². The molecule has 2 aliphatic rings. The minimum Gasteiger partial charge on any atom is -0.492 e. The predicted molar refractivity (Wildman–Crippen MR) is 151 cm³/mol. The number of amides is 1.